The lowest BCUT2D eigenvalue weighted by Crippen LogP contribution is -2.42. The second kappa shape index (κ2) is 9.79. The molecular weight excluding hydrogens is 330 g/mol. The summed E-state index contributed by atoms with van der Waals surface area (Å²) in [6.07, 6.45) is 0. The summed E-state index contributed by atoms with van der Waals surface area (Å²) in [4.78, 5) is 30.0. The number of carbonyl (C=O) groups excluding carboxylic acids is 2. The van der Waals surface area contributed by atoms with Gasteiger partial charge in [-0.1, -0.05) is 12.1 Å². The second-order valence-electron chi connectivity index (χ2n) is 7.24. The third-order valence-corrected chi connectivity index (χ3v) is 3.35. The van der Waals surface area contributed by atoms with Crippen LogP contribution in [0.4, 0.5) is 0 Å². The van der Waals surface area contributed by atoms with E-state index in [-0.39, 0.29) is 23.9 Å². The number of hydrogen-bond acceptors (Lipinski definition) is 3. The molecule has 26 heavy (non-hydrogen) atoms. The van der Waals surface area contributed by atoms with Crippen molar-refractivity contribution in [2.75, 3.05) is 27.2 Å². The first-order valence-electron chi connectivity index (χ1n) is 8.76. The summed E-state index contributed by atoms with van der Waals surface area (Å²) in [5.74, 6) is 0.425. The highest BCUT2D eigenvalue weighted by molar-refractivity contribution is 5.94. The molecule has 0 fully saturated rings. The van der Waals surface area contributed by atoms with Crippen LogP contribution in [0.2, 0.25) is 0 Å². The minimum Gasteiger partial charge on any atom is -0.357 e. The maximum atomic E-state index is 12.3. The number of guanidine groups is 1. The van der Waals surface area contributed by atoms with Crippen molar-refractivity contribution >= 4 is 17.8 Å². The first-order chi connectivity index (χ1) is 12.1. The maximum Gasteiger partial charge on any atom is 0.251 e. The summed E-state index contributed by atoms with van der Waals surface area (Å²) in [6.45, 7) is 9.07. The highest BCUT2D eigenvalue weighted by Gasteiger charge is 2.15. The average Bonchev–Trinajstić information content (AvgIpc) is 2.55. The van der Waals surface area contributed by atoms with E-state index < -0.39 is 0 Å². The zero-order valence-corrected chi connectivity index (χ0v) is 16.6. The predicted molar refractivity (Wildman–Crippen MR) is 105 cm³/mol. The summed E-state index contributed by atoms with van der Waals surface area (Å²) < 4.78 is 0. The summed E-state index contributed by atoms with van der Waals surface area (Å²) in [6, 6.07) is 7.39. The topological polar surface area (TPSA) is 85.8 Å². The molecule has 2 amide bonds. The van der Waals surface area contributed by atoms with Crippen LogP contribution in [0.5, 0.6) is 0 Å². The van der Waals surface area contributed by atoms with Crippen LogP contribution in [-0.4, -0.2) is 55.4 Å². The first kappa shape index (κ1) is 21.5. The van der Waals surface area contributed by atoms with Crippen LogP contribution < -0.4 is 16.0 Å². The molecule has 0 saturated carbocycles. The Morgan fingerprint density at radius 3 is 2.42 bits per heavy atom. The van der Waals surface area contributed by atoms with Crippen LogP contribution in [0.15, 0.2) is 29.3 Å². The van der Waals surface area contributed by atoms with Gasteiger partial charge in [0.05, 0.1) is 13.1 Å². The van der Waals surface area contributed by atoms with Gasteiger partial charge in [-0.25, -0.2) is 4.99 Å². The number of likely N-dealkylation sites (N-methyl/N-ethyl adjacent to an activating group) is 1. The SMILES string of the molecule is CCNC(=NCc1cccc(C(=O)NC(C)(C)C)c1)NCC(=O)N(C)C. The third-order valence-electron chi connectivity index (χ3n) is 3.35. The fourth-order valence-corrected chi connectivity index (χ4v) is 2.05. The quantitative estimate of drug-likeness (QED) is 0.527. The van der Waals surface area contributed by atoms with E-state index in [0.717, 1.165) is 5.56 Å². The highest BCUT2D eigenvalue weighted by atomic mass is 16.2. The number of carbonyl (C=O) groups is 2. The average molecular weight is 361 g/mol. The van der Waals surface area contributed by atoms with Gasteiger partial charge in [-0.05, 0) is 45.4 Å². The lowest BCUT2D eigenvalue weighted by molar-refractivity contribution is -0.127. The minimum absolute atomic E-state index is 0.0311. The van der Waals surface area contributed by atoms with E-state index in [1.165, 1.54) is 4.90 Å². The van der Waals surface area contributed by atoms with Crippen molar-refractivity contribution in [1.29, 1.82) is 0 Å². The molecule has 7 heteroatoms. The minimum atomic E-state index is -0.285. The highest BCUT2D eigenvalue weighted by Crippen LogP contribution is 2.09. The summed E-state index contributed by atoms with van der Waals surface area (Å²) >= 11 is 0. The Kier molecular flexibility index (Phi) is 8.09. The maximum absolute atomic E-state index is 12.3. The Morgan fingerprint density at radius 1 is 1.15 bits per heavy atom. The van der Waals surface area contributed by atoms with E-state index in [1.54, 1.807) is 20.2 Å². The number of hydrogen-bond donors (Lipinski definition) is 3. The van der Waals surface area contributed by atoms with Crippen molar-refractivity contribution in [3.63, 3.8) is 0 Å². The van der Waals surface area contributed by atoms with Crippen LogP contribution >= 0.6 is 0 Å². The van der Waals surface area contributed by atoms with Crippen molar-refractivity contribution in [3.05, 3.63) is 35.4 Å². The first-order valence-corrected chi connectivity index (χ1v) is 8.76. The zero-order valence-electron chi connectivity index (χ0n) is 16.6. The standard InChI is InChI=1S/C19H31N5O2/c1-7-20-18(22-13-16(25)24(5)6)21-12-14-9-8-10-15(11-14)17(26)23-19(2,3)4/h8-11H,7,12-13H2,1-6H3,(H,23,26)(H2,20,21,22). The van der Waals surface area contributed by atoms with Gasteiger partial charge in [0.15, 0.2) is 5.96 Å². The van der Waals surface area contributed by atoms with Crippen LogP contribution in [-0.2, 0) is 11.3 Å². The Morgan fingerprint density at radius 2 is 1.85 bits per heavy atom. The van der Waals surface area contributed by atoms with Crippen molar-refractivity contribution in [3.8, 4) is 0 Å². The normalized spacial score (nSPS) is 11.7. The Balaban J connectivity index is 2.78. The molecule has 7 nitrogen and oxygen atoms in total. The van der Waals surface area contributed by atoms with Gasteiger partial charge in [0.25, 0.3) is 5.91 Å². The number of rotatable bonds is 6. The smallest absolute Gasteiger partial charge is 0.251 e. The van der Waals surface area contributed by atoms with Gasteiger partial charge >= 0.3 is 0 Å². The summed E-state index contributed by atoms with van der Waals surface area (Å²) in [5, 5.41) is 9.06. The fourth-order valence-electron chi connectivity index (χ4n) is 2.05. The van der Waals surface area contributed by atoms with Crippen LogP contribution in [0, 0.1) is 0 Å². The van der Waals surface area contributed by atoms with E-state index >= 15 is 0 Å². The van der Waals surface area contributed by atoms with Crippen LogP contribution in [0.3, 0.4) is 0 Å². The zero-order chi connectivity index (χ0) is 19.7. The second-order valence-corrected chi connectivity index (χ2v) is 7.24. The molecule has 0 bridgehead atoms. The summed E-state index contributed by atoms with van der Waals surface area (Å²) in [5.41, 5.74) is 1.24. The number of aliphatic imine (C=N–C) groups is 1. The third kappa shape index (κ3) is 8.00. The number of amides is 2. The predicted octanol–water partition coefficient (Wildman–Crippen LogP) is 1.36. The van der Waals surface area contributed by atoms with E-state index in [2.05, 4.69) is 20.9 Å². The van der Waals surface area contributed by atoms with E-state index in [4.69, 9.17) is 0 Å². The van der Waals surface area contributed by atoms with Crippen molar-refractivity contribution in [2.24, 2.45) is 4.99 Å². The molecule has 144 valence electrons. The largest absolute Gasteiger partial charge is 0.357 e. The van der Waals surface area contributed by atoms with Gasteiger partial charge in [-0.15, -0.1) is 0 Å². The number of nitrogens with zero attached hydrogens (tertiary/aromatic N) is 2. The Labute approximate surface area is 156 Å². The molecular formula is C19H31N5O2. The molecule has 1 aromatic carbocycles. The molecule has 0 spiro atoms. The van der Waals surface area contributed by atoms with E-state index in [1.807, 2.05) is 45.9 Å². The molecule has 3 N–H and O–H groups in total. The van der Waals surface area contributed by atoms with E-state index in [0.29, 0.717) is 24.6 Å². The van der Waals surface area contributed by atoms with Crippen molar-refractivity contribution in [2.45, 2.75) is 39.8 Å². The van der Waals surface area contributed by atoms with Gasteiger partial charge in [-0.2, -0.15) is 0 Å². The molecule has 0 radical (unpaired) electrons. The Hall–Kier alpha value is -2.57. The number of benzene rings is 1. The van der Waals surface area contributed by atoms with Crippen LogP contribution in [0.25, 0.3) is 0 Å². The van der Waals surface area contributed by atoms with E-state index in [9.17, 15) is 9.59 Å². The molecule has 0 heterocycles. The molecule has 1 rings (SSSR count). The van der Waals surface area contributed by atoms with Gasteiger partial charge in [0, 0.05) is 31.7 Å². The summed E-state index contributed by atoms with van der Waals surface area (Å²) in [7, 11) is 3.42. The van der Waals surface area contributed by atoms with Gasteiger partial charge in [-0.3, -0.25) is 9.59 Å². The van der Waals surface area contributed by atoms with Gasteiger partial charge in [0.2, 0.25) is 5.91 Å². The van der Waals surface area contributed by atoms with Crippen molar-refractivity contribution in [1.82, 2.24) is 20.9 Å². The van der Waals surface area contributed by atoms with Gasteiger partial charge in [0.1, 0.15) is 0 Å². The lowest BCUT2D eigenvalue weighted by Gasteiger charge is -2.20. The molecule has 0 saturated heterocycles. The molecule has 0 aliphatic rings. The molecule has 0 unspecified atom stereocenters. The molecule has 0 aliphatic carbocycles. The Bertz CT molecular complexity index is 648. The van der Waals surface area contributed by atoms with Crippen molar-refractivity contribution < 1.29 is 9.59 Å². The number of nitrogens with one attached hydrogen (secondary N) is 3. The molecule has 0 atom stereocenters. The monoisotopic (exact) mass is 361 g/mol. The fraction of sp³-hybridized carbons (Fsp3) is 0.526. The van der Waals surface area contributed by atoms with Crippen LogP contribution in [0.1, 0.15) is 43.6 Å². The molecule has 0 aliphatic heterocycles. The lowest BCUT2D eigenvalue weighted by atomic mass is 10.1. The molecule has 1 aromatic rings. The molecule has 0 aromatic heterocycles. The van der Waals surface area contributed by atoms with Gasteiger partial charge < -0.3 is 20.9 Å².